The molecule has 2 rings (SSSR count). The third-order valence-corrected chi connectivity index (χ3v) is 2.56. The highest BCUT2D eigenvalue weighted by atomic mass is 16.6. The van der Waals surface area contributed by atoms with Crippen LogP contribution in [0.25, 0.3) is 0 Å². The molecule has 0 aliphatic carbocycles. The van der Waals surface area contributed by atoms with Crippen LogP contribution in [0.4, 0.5) is 0 Å². The van der Waals surface area contributed by atoms with Crippen molar-refractivity contribution in [2.45, 2.75) is 30.6 Å². The van der Waals surface area contributed by atoms with Crippen molar-refractivity contribution >= 4 is 0 Å². The lowest BCUT2D eigenvalue weighted by molar-refractivity contribution is -0.248. The fourth-order valence-corrected chi connectivity index (χ4v) is 1.46. The minimum atomic E-state index is -1.35. The first-order valence-electron chi connectivity index (χ1n) is 5.57. The molecule has 5 atom stereocenters. The fourth-order valence-electron chi connectivity index (χ4n) is 1.46. The Bertz CT molecular complexity index is 279. The zero-order valence-corrected chi connectivity index (χ0v) is 9.79. The molecular weight excluding hydrogens is 242 g/mol. The first-order chi connectivity index (χ1) is 8.57. The van der Waals surface area contributed by atoms with E-state index in [2.05, 4.69) is 0 Å². The van der Waals surface area contributed by atoms with Gasteiger partial charge in [-0.05, 0) is 12.2 Å². The van der Waals surface area contributed by atoms with Gasteiger partial charge in [0.15, 0.2) is 6.29 Å². The SMILES string of the molecule is C1=CCOC=C1.N[C@H]1C(O)O[C@H](CO)[C@@H](O)[C@@H]1O. The lowest BCUT2D eigenvalue weighted by Crippen LogP contribution is -2.61. The average molecular weight is 261 g/mol. The Morgan fingerprint density at radius 1 is 1.17 bits per heavy atom. The highest BCUT2D eigenvalue weighted by molar-refractivity contribution is 5.03. The van der Waals surface area contributed by atoms with Gasteiger partial charge >= 0.3 is 0 Å². The molecule has 1 fully saturated rings. The zero-order chi connectivity index (χ0) is 13.5. The number of aliphatic hydroxyl groups excluding tert-OH is 4. The van der Waals surface area contributed by atoms with Gasteiger partial charge in [-0.1, -0.05) is 6.08 Å². The van der Waals surface area contributed by atoms with E-state index in [4.69, 9.17) is 25.4 Å². The van der Waals surface area contributed by atoms with Crippen molar-refractivity contribution in [1.82, 2.24) is 0 Å². The predicted molar refractivity (Wildman–Crippen MR) is 62.2 cm³/mol. The van der Waals surface area contributed by atoms with E-state index in [-0.39, 0.29) is 0 Å². The van der Waals surface area contributed by atoms with Crippen molar-refractivity contribution in [3.8, 4) is 0 Å². The normalized spacial score (nSPS) is 38.6. The largest absolute Gasteiger partial charge is 0.497 e. The summed E-state index contributed by atoms with van der Waals surface area (Å²) in [5, 5.41) is 36.1. The van der Waals surface area contributed by atoms with Gasteiger partial charge in [0, 0.05) is 0 Å². The van der Waals surface area contributed by atoms with E-state index in [0.29, 0.717) is 0 Å². The van der Waals surface area contributed by atoms with E-state index >= 15 is 0 Å². The molecule has 7 heteroatoms. The lowest BCUT2D eigenvalue weighted by atomic mass is 9.98. The Morgan fingerprint density at radius 3 is 2.28 bits per heavy atom. The molecule has 6 N–H and O–H groups in total. The highest BCUT2D eigenvalue weighted by Gasteiger charge is 2.41. The number of hydrogen-bond acceptors (Lipinski definition) is 7. The molecule has 0 radical (unpaired) electrons. The summed E-state index contributed by atoms with van der Waals surface area (Å²) < 4.78 is 9.50. The highest BCUT2D eigenvalue weighted by Crippen LogP contribution is 2.17. The summed E-state index contributed by atoms with van der Waals surface area (Å²) in [7, 11) is 0. The van der Waals surface area contributed by atoms with Gasteiger partial charge in [0.2, 0.25) is 0 Å². The maximum atomic E-state index is 9.20. The van der Waals surface area contributed by atoms with Crippen molar-refractivity contribution in [2.24, 2.45) is 5.73 Å². The molecular formula is C11H19NO6. The van der Waals surface area contributed by atoms with E-state index in [1.54, 1.807) is 6.26 Å². The number of nitrogens with two attached hydrogens (primary N) is 1. The molecule has 0 aromatic carbocycles. The minimum absolute atomic E-state index is 0.470. The fraction of sp³-hybridized carbons (Fsp3) is 0.636. The molecule has 2 aliphatic rings. The van der Waals surface area contributed by atoms with Gasteiger partial charge in [-0.25, -0.2) is 0 Å². The van der Waals surface area contributed by atoms with Crippen LogP contribution in [0.3, 0.4) is 0 Å². The molecule has 0 saturated carbocycles. The van der Waals surface area contributed by atoms with E-state index in [9.17, 15) is 10.2 Å². The average Bonchev–Trinajstić information content (AvgIpc) is 2.43. The number of aliphatic hydroxyl groups is 4. The molecule has 1 saturated heterocycles. The van der Waals surface area contributed by atoms with Crippen molar-refractivity contribution in [1.29, 1.82) is 0 Å². The van der Waals surface area contributed by atoms with Crippen LogP contribution in [-0.2, 0) is 9.47 Å². The summed E-state index contributed by atoms with van der Waals surface area (Å²) in [5.74, 6) is 0. The summed E-state index contributed by atoms with van der Waals surface area (Å²) in [4.78, 5) is 0. The quantitative estimate of drug-likeness (QED) is 0.364. The van der Waals surface area contributed by atoms with E-state index in [0.717, 1.165) is 6.61 Å². The smallest absolute Gasteiger partial charge is 0.173 e. The Morgan fingerprint density at radius 2 is 1.89 bits per heavy atom. The van der Waals surface area contributed by atoms with Crippen LogP contribution in [0, 0.1) is 0 Å². The van der Waals surface area contributed by atoms with E-state index in [1.807, 2.05) is 18.2 Å². The molecule has 0 amide bonds. The molecule has 2 heterocycles. The Labute approximate surface area is 105 Å². The first kappa shape index (κ1) is 15.1. The second-order valence-corrected chi connectivity index (χ2v) is 3.90. The maximum absolute atomic E-state index is 9.20. The number of allylic oxidation sites excluding steroid dienone is 2. The van der Waals surface area contributed by atoms with Crippen molar-refractivity contribution in [3.63, 3.8) is 0 Å². The summed E-state index contributed by atoms with van der Waals surface area (Å²) in [6.07, 6.45) is 2.61. The summed E-state index contributed by atoms with van der Waals surface area (Å²) in [6, 6.07) is -1.04. The van der Waals surface area contributed by atoms with Crippen LogP contribution in [0.5, 0.6) is 0 Å². The lowest BCUT2D eigenvalue weighted by Gasteiger charge is -2.38. The van der Waals surface area contributed by atoms with Crippen LogP contribution >= 0.6 is 0 Å². The number of ether oxygens (including phenoxy) is 2. The second kappa shape index (κ2) is 7.47. The molecule has 104 valence electrons. The van der Waals surface area contributed by atoms with Crippen LogP contribution in [0.15, 0.2) is 24.5 Å². The molecule has 0 aromatic rings. The summed E-state index contributed by atoms with van der Waals surface area (Å²) in [6.45, 7) is 0.262. The van der Waals surface area contributed by atoms with Crippen molar-refractivity contribution in [2.75, 3.05) is 13.2 Å². The Kier molecular flexibility index (Phi) is 6.27. The van der Waals surface area contributed by atoms with E-state index < -0.39 is 37.3 Å². The van der Waals surface area contributed by atoms with Crippen molar-refractivity contribution < 1.29 is 29.9 Å². The van der Waals surface area contributed by atoms with Crippen LogP contribution in [0.1, 0.15) is 0 Å². The number of hydrogen-bond donors (Lipinski definition) is 5. The minimum Gasteiger partial charge on any atom is -0.497 e. The van der Waals surface area contributed by atoms with E-state index in [1.165, 1.54) is 0 Å². The molecule has 0 aromatic heterocycles. The van der Waals surface area contributed by atoms with Gasteiger partial charge in [-0.3, -0.25) is 0 Å². The Hall–Kier alpha value is -0.960. The molecule has 0 bridgehead atoms. The van der Waals surface area contributed by atoms with Crippen LogP contribution in [0.2, 0.25) is 0 Å². The maximum Gasteiger partial charge on any atom is 0.173 e. The van der Waals surface area contributed by atoms with Crippen LogP contribution < -0.4 is 5.73 Å². The van der Waals surface area contributed by atoms with Crippen molar-refractivity contribution in [3.05, 3.63) is 24.5 Å². The number of rotatable bonds is 1. The van der Waals surface area contributed by atoms with Crippen LogP contribution in [-0.4, -0.2) is 64.3 Å². The van der Waals surface area contributed by atoms with Gasteiger partial charge in [-0.15, -0.1) is 0 Å². The molecule has 0 spiro atoms. The third kappa shape index (κ3) is 4.05. The molecule has 7 nitrogen and oxygen atoms in total. The summed E-state index contributed by atoms with van der Waals surface area (Å²) >= 11 is 0. The topological polar surface area (TPSA) is 125 Å². The monoisotopic (exact) mass is 261 g/mol. The van der Waals surface area contributed by atoms with Gasteiger partial charge in [0.25, 0.3) is 0 Å². The molecule has 18 heavy (non-hydrogen) atoms. The third-order valence-electron chi connectivity index (χ3n) is 2.56. The summed E-state index contributed by atoms with van der Waals surface area (Å²) in [5.41, 5.74) is 5.26. The van der Waals surface area contributed by atoms with Gasteiger partial charge in [0.05, 0.1) is 18.9 Å². The van der Waals surface area contributed by atoms with Gasteiger partial charge < -0.3 is 35.6 Å². The van der Waals surface area contributed by atoms with Gasteiger partial charge in [0.1, 0.15) is 24.9 Å². The molecule has 1 unspecified atom stereocenters. The molecule has 2 aliphatic heterocycles. The Balaban J connectivity index is 0.000000225. The predicted octanol–water partition coefficient (Wildman–Crippen LogP) is -2.17. The zero-order valence-electron chi connectivity index (χ0n) is 9.79. The second-order valence-electron chi connectivity index (χ2n) is 3.90. The standard InChI is InChI=1S/C6H13NO5.C5H6O/c7-3-5(10)4(9)2(1-8)12-6(3)11;1-2-4-6-5-3-1/h2-6,8-11H,1,7H2;1-4H,5H2/t2-,3-,4-,5-,6?;/m1./s1. The van der Waals surface area contributed by atoms with Gasteiger partial charge in [-0.2, -0.15) is 0 Å². The first-order valence-corrected chi connectivity index (χ1v) is 5.57.